The Morgan fingerprint density at radius 2 is 1.93 bits per heavy atom. The molecule has 8 nitrogen and oxygen atoms in total. The molecule has 1 saturated heterocycles. The monoisotopic (exact) mass is 399 g/mol. The van der Waals surface area contributed by atoms with E-state index in [2.05, 4.69) is 10.6 Å². The highest BCUT2D eigenvalue weighted by atomic mass is 16.6. The zero-order chi connectivity index (χ0) is 20.8. The minimum absolute atomic E-state index is 0.0179. The van der Waals surface area contributed by atoms with Gasteiger partial charge >= 0.3 is 6.09 Å². The SMILES string of the molecule is CCOC(=O)N1CCC(NC(=O)c2ccc(C)c(NC(=O)c3ccco3)c2)CC1. The third-order valence-corrected chi connectivity index (χ3v) is 4.85. The van der Waals surface area contributed by atoms with Gasteiger partial charge < -0.3 is 24.7 Å². The van der Waals surface area contributed by atoms with E-state index in [4.69, 9.17) is 9.15 Å². The maximum atomic E-state index is 12.7. The van der Waals surface area contributed by atoms with E-state index >= 15 is 0 Å². The molecule has 0 bridgehead atoms. The predicted octanol–water partition coefficient (Wildman–Crippen LogP) is 3.19. The second-order valence-electron chi connectivity index (χ2n) is 6.89. The highest BCUT2D eigenvalue weighted by Gasteiger charge is 2.25. The van der Waals surface area contributed by atoms with Gasteiger partial charge in [-0.2, -0.15) is 0 Å². The molecule has 2 heterocycles. The molecule has 0 radical (unpaired) electrons. The quantitative estimate of drug-likeness (QED) is 0.804. The van der Waals surface area contributed by atoms with Gasteiger partial charge in [0.2, 0.25) is 0 Å². The number of benzene rings is 1. The summed E-state index contributed by atoms with van der Waals surface area (Å²) in [6.45, 7) is 5.06. The normalized spacial score (nSPS) is 14.3. The molecule has 2 aromatic rings. The molecule has 29 heavy (non-hydrogen) atoms. The van der Waals surface area contributed by atoms with Crippen molar-refractivity contribution in [1.82, 2.24) is 10.2 Å². The van der Waals surface area contributed by atoms with Crippen LogP contribution in [0.2, 0.25) is 0 Å². The van der Waals surface area contributed by atoms with Crippen molar-refractivity contribution in [2.75, 3.05) is 25.0 Å². The van der Waals surface area contributed by atoms with Gasteiger partial charge in [-0.05, 0) is 56.5 Å². The Balaban J connectivity index is 1.59. The van der Waals surface area contributed by atoms with Gasteiger partial charge in [0.15, 0.2) is 5.76 Å². The number of aryl methyl sites for hydroxylation is 1. The number of carbonyl (C=O) groups is 3. The number of ether oxygens (including phenoxy) is 1. The molecule has 1 aromatic carbocycles. The van der Waals surface area contributed by atoms with E-state index in [0.717, 1.165) is 5.56 Å². The highest BCUT2D eigenvalue weighted by molar-refractivity contribution is 6.04. The number of carbonyl (C=O) groups excluding carboxylic acids is 3. The Morgan fingerprint density at radius 1 is 1.17 bits per heavy atom. The van der Waals surface area contributed by atoms with E-state index in [1.54, 1.807) is 42.2 Å². The summed E-state index contributed by atoms with van der Waals surface area (Å²) in [6, 6.07) is 8.36. The van der Waals surface area contributed by atoms with Crippen LogP contribution in [0.25, 0.3) is 0 Å². The van der Waals surface area contributed by atoms with Gasteiger partial charge in [-0.1, -0.05) is 6.07 Å². The van der Waals surface area contributed by atoms with Crippen LogP contribution in [0.4, 0.5) is 10.5 Å². The molecule has 0 atom stereocenters. The second-order valence-corrected chi connectivity index (χ2v) is 6.89. The summed E-state index contributed by atoms with van der Waals surface area (Å²) in [5.41, 5.74) is 1.85. The van der Waals surface area contributed by atoms with Gasteiger partial charge in [-0.25, -0.2) is 4.79 Å². The standard InChI is InChI=1S/C21H25N3O5/c1-3-28-21(27)24-10-8-16(9-11-24)22-19(25)15-7-6-14(2)17(13-15)23-20(26)18-5-4-12-29-18/h4-7,12-13,16H,3,8-11H2,1-2H3,(H,22,25)(H,23,26). The maximum absolute atomic E-state index is 12.7. The fourth-order valence-corrected chi connectivity index (χ4v) is 3.18. The molecular formula is C21H25N3O5. The molecule has 3 rings (SSSR count). The number of amides is 3. The van der Waals surface area contributed by atoms with Gasteiger partial charge in [0, 0.05) is 30.4 Å². The van der Waals surface area contributed by atoms with Crippen LogP contribution in [0.15, 0.2) is 41.0 Å². The van der Waals surface area contributed by atoms with E-state index in [-0.39, 0.29) is 29.7 Å². The first-order valence-electron chi connectivity index (χ1n) is 9.66. The number of nitrogens with zero attached hydrogens (tertiary/aromatic N) is 1. The smallest absolute Gasteiger partial charge is 0.409 e. The zero-order valence-corrected chi connectivity index (χ0v) is 16.6. The number of likely N-dealkylation sites (tertiary alicyclic amines) is 1. The molecule has 1 aliphatic rings. The number of rotatable bonds is 5. The molecule has 1 aromatic heterocycles. The number of anilines is 1. The fraction of sp³-hybridized carbons (Fsp3) is 0.381. The number of furan rings is 1. The van der Waals surface area contributed by atoms with Crippen LogP contribution < -0.4 is 10.6 Å². The summed E-state index contributed by atoms with van der Waals surface area (Å²) in [5.74, 6) is -0.386. The van der Waals surface area contributed by atoms with Crippen molar-refractivity contribution in [3.63, 3.8) is 0 Å². The number of hydrogen-bond donors (Lipinski definition) is 2. The number of nitrogens with one attached hydrogen (secondary N) is 2. The average Bonchev–Trinajstić information content (AvgIpc) is 3.25. The predicted molar refractivity (Wildman–Crippen MR) is 107 cm³/mol. The fourth-order valence-electron chi connectivity index (χ4n) is 3.18. The van der Waals surface area contributed by atoms with Crippen LogP contribution in [-0.2, 0) is 4.74 Å². The number of hydrogen-bond acceptors (Lipinski definition) is 5. The van der Waals surface area contributed by atoms with E-state index in [0.29, 0.717) is 43.8 Å². The molecular weight excluding hydrogens is 374 g/mol. The Hall–Kier alpha value is -3.29. The highest BCUT2D eigenvalue weighted by Crippen LogP contribution is 2.19. The lowest BCUT2D eigenvalue weighted by atomic mass is 10.0. The zero-order valence-electron chi connectivity index (χ0n) is 16.6. The Bertz CT molecular complexity index is 870. The third kappa shape index (κ3) is 5.16. The molecule has 8 heteroatoms. The average molecular weight is 399 g/mol. The van der Waals surface area contributed by atoms with Crippen molar-refractivity contribution in [2.45, 2.75) is 32.7 Å². The van der Waals surface area contributed by atoms with Gasteiger partial charge in [-0.15, -0.1) is 0 Å². The second kappa shape index (κ2) is 9.27. The first kappa shape index (κ1) is 20.4. The largest absolute Gasteiger partial charge is 0.459 e. The molecule has 1 aliphatic heterocycles. The van der Waals surface area contributed by atoms with Crippen LogP contribution in [0.3, 0.4) is 0 Å². The van der Waals surface area contributed by atoms with Gasteiger partial charge in [0.1, 0.15) is 0 Å². The lowest BCUT2D eigenvalue weighted by Crippen LogP contribution is -2.46. The molecule has 0 spiro atoms. The molecule has 3 amide bonds. The Morgan fingerprint density at radius 3 is 2.59 bits per heavy atom. The lowest BCUT2D eigenvalue weighted by molar-refractivity contribution is 0.0859. The topological polar surface area (TPSA) is 101 Å². The van der Waals surface area contributed by atoms with Gasteiger partial charge in [0.05, 0.1) is 12.9 Å². The van der Waals surface area contributed by atoms with Gasteiger partial charge in [0.25, 0.3) is 11.8 Å². The summed E-state index contributed by atoms with van der Waals surface area (Å²) in [5, 5.41) is 5.78. The summed E-state index contributed by atoms with van der Waals surface area (Å²) >= 11 is 0. The Labute approximate surface area is 169 Å². The van der Waals surface area contributed by atoms with E-state index in [1.165, 1.54) is 6.26 Å². The Kier molecular flexibility index (Phi) is 6.54. The first-order chi connectivity index (χ1) is 14.0. The van der Waals surface area contributed by atoms with E-state index in [9.17, 15) is 14.4 Å². The van der Waals surface area contributed by atoms with Crippen LogP contribution in [0.1, 0.15) is 46.2 Å². The van der Waals surface area contributed by atoms with Gasteiger partial charge in [-0.3, -0.25) is 9.59 Å². The molecule has 154 valence electrons. The van der Waals surface area contributed by atoms with Crippen molar-refractivity contribution in [2.24, 2.45) is 0 Å². The van der Waals surface area contributed by atoms with E-state index < -0.39 is 0 Å². The molecule has 1 fully saturated rings. The van der Waals surface area contributed by atoms with Crippen LogP contribution in [0.5, 0.6) is 0 Å². The minimum Gasteiger partial charge on any atom is -0.459 e. The van der Waals surface area contributed by atoms with Crippen LogP contribution >= 0.6 is 0 Å². The van der Waals surface area contributed by atoms with Crippen molar-refractivity contribution >= 4 is 23.6 Å². The lowest BCUT2D eigenvalue weighted by Gasteiger charge is -2.31. The molecule has 0 aliphatic carbocycles. The van der Waals surface area contributed by atoms with Crippen LogP contribution in [0, 0.1) is 6.92 Å². The summed E-state index contributed by atoms with van der Waals surface area (Å²) in [7, 11) is 0. The maximum Gasteiger partial charge on any atom is 0.409 e. The molecule has 0 unspecified atom stereocenters. The van der Waals surface area contributed by atoms with E-state index in [1.807, 2.05) is 6.92 Å². The summed E-state index contributed by atoms with van der Waals surface area (Å²) < 4.78 is 10.1. The minimum atomic E-state index is -0.373. The third-order valence-electron chi connectivity index (χ3n) is 4.85. The van der Waals surface area contributed by atoms with Crippen molar-refractivity contribution < 1.29 is 23.5 Å². The summed E-state index contributed by atoms with van der Waals surface area (Å²) in [6.07, 6.45) is 2.45. The summed E-state index contributed by atoms with van der Waals surface area (Å²) in [4.78, 5) is 38.3. The van der Waals surface area contributed by atoms with Crippen molar-refractivity contribution in [1.29, 1.82) is 0 Å². The van der Waals surface area contributed by atoms with Crippen molar-refractivity contribution in [3.8, 4) is 0 Å². The van der Waals surface area contributed by atoms with Crippen molar-refractivity contribution in [3.05, 3.63) is 53.5 Å². The van der Waals surface area contributed by atoms with Crippen LogP contribution in [-0.4, -0.2) is 48.5 Å². The molecule has 2 N–H and O–H groups in total. The number of piperidine rings is 1. The molecule has 0 saturated carbocycles. The first-order valence-corrected chi connectivity index (χ1v) is 9.66.